The van der Waals surface area contributed by atoms with Gasteiger partial charge in [0.05, 0.1) is 0 Å². The lowest BCUT2D eigenvalue weighted by Gasteiger charge is -2.16. The summed E-state index contributed by atoms with van der Waals surface area (Å²) >= 11 is 5.86. The second-order valence-corrected chi connectivity index (χ2v) is 3.50. The Kier molecular flexibility index (Phi) is 6.47. The van der Waals surface area contributed by atoms with Gasteiger partial charge in [0.2, 0.25) is 10.6 Å². The molecule has 0 saturated carbocycles. The molecule has 0 radical (unpaired) electrons. The SMILES string of the molecule is CCCCC(Cl)([N+]([O-])=NOC)[N+]([O-])=NOC. The fraction of sp³-hybridized carbons (Fsp3) is 1.00. The minimum absolute atomic E-state index is 0.0419. The van der Waals surface area contributed by atoms with Gasteiger partial charge in [0, 0.05) is 21.3 Å². The average Bonchev–Trinajstić information content (AvgIpc) is 2.26. The highest BCUT2D eigenvalue weighted by atomic mass is 35.5. The van der Waals surface area contributed by atoms with Crippen LogP contribution in [0.15, 0.2) is 10.6 Å². The fourth-order valence-electron chi connectivity index (χ4n) is 0.940. The Morgan fingerprint density at radius 3 is 1.94 bits per heavy atom. The van der Waals surface area contributed by atoms with Crippen LogP contribution >= 0.6 is 11.6 Å². The number of unbranched alkanes of at least 4 members (excludes halogenated alkanes) is 1. The van der Waals surface area contributed by atoms with Gasteiger partial charge in [-0.1, -0.05) is 13.3 Å². The molecule has 0 aromatic carbocycles. The van der Waals surface area contributed by atoms with Gasteiger partial charge >= 0.3 is 5.12 Å². The molecule has 0 bridgehead atoms. The van der Waals surface area contributed by atoms with Crippen LogP contribution in [0.5, 0.6) is 0 Å². The summed E-state index contributed by atoms with van der Waals surface area (Å²) in [5.74, 6) is 0. The van der Waals surface area contributed by atoms with Crippen molar-refractivity contribution in [3.05, 3.63) is 10.4 Å². The maximum atomic E-state index is 11.4. The van der Waals surface area contributed by atoms with Crippen molar-refractivity contribution in [2.75, 3.05) is 14.2 Å². The van der Waals surface area contributed by atoms with Gasteiger partial charge in [-0.3, -0.25) is 0 Å². The van der Waals surface area contributed by atoms with E-state index in [2.05, 4.69) is 20.2 Å². The third kappa shape index (κ3) is 3.69. The van der Waals surface area contributed by atoms with Gasteiger partial charge < -0.3 is 20.1 Å². The molecule has 9 heteroatoms. The monoisotopic (exact) mass is 254 g/mol. The van der Waals surface area contributed by atoms with Gasteiger partial charge in [-0.2, -0.15) is 0 Å². The quantitative estimate of drug-likeness (QED) is 0.174. The van der Waals surface area contributed by atoms with E-state index in [1.807, 2.05) is 6.92 Å². The van der Waals surface area contributed by atoms with Gasteiger partial charge in [-0.25, -0.2) is 0 Å². The summed E-state index contributed by atoms with van der Waals surface area (Å²) < 4.78 is 0. The van der Waals surface area contributed by atoms with Crippen molar-refractivity contribution in [3.63, 3.8) is 0 Å². The van der Waals surface area contributed by atoms with Crippen LogP contribution in [0.4, 0.5) is 0 Å². The van der Waals surface area contributed by atoms with Gasteiger partial charge in [0.1, 0.15) is 20.6 Å². The molecule has 0 unspecified atom stereocenters. The standard InChI is InChI=1S/C7H15ClN4O4/c1-4-5-6-7(8,11(13)9-15-2)12(14)10-16-3/h4-6H2,1-3H3. The van der Waals surface area contributed by atoms with Gasteiger partial charge in [0.15, 0.2) is 0 Å². The van der Waals surface area contributed by atoms with E-state index in [9.17, 15) is 10.4 Å². The van der Waals surface area contributed by atoms with Crippen LogP contribution in [-0.4, -0.2) is 29.1 Å². The third-order valence-corrected chi connectivity index (χ3v) is 2.22. The summed E-state index contributed by atoms with van der Waals surface area (Å²) in [5, 5.41) is 26.9. The summed E-state index contributed by atoms with van der Waals surface area (Å²) in [5.41, 5.74) is 0. The highest BCUT2D eigenvalue weighted by molar-refractivity contribution is 6.21. The van der Waals surface area contributed by atoms with Gasteiger partial charge in [0.25, 0.3) is 0 Å². The second kappa shape index (κ2) is 7.04. The highest BCUT2D eigenvalue weighted by Gasteiger charge is 2.50. The summed E-state index contributed by atoms with van der Waals surface area (Å²) in [6.45, 7) is 1.89. The molecule has 0 heterocycles. The van der Waals surface area contributed by atoms with Crippen LogP contribution < -0.4 is 0 Å². The first kappa shape index (κ1) is 14.7. The molecule has 94 valence electrons. The Hall–Kier alpha value is -1.31. The summed E-state index contributed by atoms with van der Waals surface area (Å²) in [4.78, 5) is 8.44. The Balaban J connectivity index is 5.01. The van der Waals surface area contributed by atoms with E-state index in [4.69, 9.17) is 11.6 Å². The molecule has 0 aromatic heterocycles. The number of nitrogens with zero attached hydrogens (tertiary/aromatic N) is 4. The largest absolute Gasteiger partial charge is 0.591 e. The molecule has 8 nitrogen and oxygen atoms in total. The van der Waals surface area contributed by atoms with Crippen LogP contribution in [0.2, 0.25) is 0 Å². The highest BCUT2D eigenvalue weighted by Crippen LogP contribution is 2.25. The maximum absolute atomic E-state index is 11.4. The van der Waals surface area contributed by atoms with Gasteiger partial charge in [-0.05, 0) is 6.42 Å². The zero-order chi connectivity index (χ0) is 12.6. The van der Waals surface area contributed by atoms with Crippen molar-refractivity contribution in [3.8, 4) is 0 Å². The van der Waals surface area contributed by atoms with E-state index < -0.39 is 5.12 Å². The maximum Gasteiger partial charge on any atom is 0.504 e. The molecular weight excluding hydrogens is 240 g/mol. The normalized spacial score (nSPS) is 16.8. The minimum Gasteiger partial charge on any atom is -0.591 e. The minimum atomic E-state index is -1.98. The Labute approximate surface area is 98.2 Å². The zero-order valence-corrected chi connectivity index (χ0v) is 10.2. The predicted molar refractivity (Wildman–Crippen MR) is 54.2 cm³/mol. The number of hydroxylamine groups is 2. The van der Waals surface area contributed by atoms with Crippen molar-refractivity contribution < 1.29 is 19.4 Å². The molecule has 0 amide bonds. The van der Waals surface area contributed by atoms with E-state index in [0.717, 1.165) is 6.42 Å². The third-order valence-electron chi connectivity index (χ3n) is 1.75. The lowest BCUT2D eigenvalue weighted by Crippen LogP contribution is -2.41. The van der Waals surface area contributed by atoms with E-state index in [1.54, 1.807) is 0 Å². The van der Waals surface area contributed by atoms with Crippen molar-refractivity contribution in [1.29, 1.82) is 0 Å². The smallest absolute Gasteiger partial charge is 0.504 e. The first-order chi connectivity index (χ1) is 7.52. The summed E-state index contributed by atoms with van der Waals surface area (Å²) in [7, 11) is 2.34. The molecule has 0 spiro atoms. The lowest BCUT2D eigenvalue weighted by molar-refractivity contribution is -0.819. The summed E-state index contributed by atoms with van der Waals surface area (Å²) in [6.07, 6.45) is 1.38. The lowest BCUT2D eigenvalue weighted by atomic mass is 10.2. The molecule has 0 saturated heterocycles. The molecule has 0 fully saturated rings. The zero-order valence-electron chi connectivity index (χ0n) is 9.42. The molecule has 16 heavy (non-hydrogen) atoms. The number of rotatable bonds is 7. The molecule has 0 atom stereocenters. The number of hydrogen-bond donors (Lipinski definition) is 0. The molecule has 0 aromatic rings. The molecule has 0 aliphatic rings. The Morgan fingerprint density at radius 1 is 1.19 bits per heavy atom. The number of hydrogen-bond acceptors (Lipinski definition) is 6. The van der Waals surface area contributed by atoms with Crippen LogP contribution in [-0.2, 0) is 9.68 Å². The van der Waals surface area contributed by atoms with Crippen molar-refractivity contribution >= 4 is 11.6 Å². The van der Waals surface area contributed by atoms with E-state index >= 15 is 0 Å². The molecule has 0 N–H and O–H groups in total. The topological polar surface area (TPSA) is 95.3 Å². The fourth-order valence-corrected chi connectivity index (χ4v) is 1.13. The molecule has 0 aliphatic heterocycles. The van der Waals surface area contributed by atoms with Crippen molar-refractivity contribution in [1.82, 2.24) is 0 Å². The van der Waals surface area contributed by atoms with Crippen LogP contribution in [0.3, 0.4) is 0 Å². The van der Waals surface area contributed by atoms with Crippen LogP contribution in [0, 0.1) is 10.4 Å². The summed E-state index contributed by atoms with van der Waals surface area (Å²) in [6, 6.07) is 0. The number of alkyl halides is 1. The molecule has 0 rings (SSSR count). The average molecular weight is 255 g/mol. The Bertz CT molecular complexity index is 251. The molecule has 0 aliphatic carbocycles. The number of halogens is 1. The Morgan fingerprint density at radius 2 is 1.62 bits per heavy atom. The van der Waals surface area contributed by atoms with E-state index in [0.29, 0.717) is 6.42 Å². The second-order valence-electron chi connectivity index (χ2n) is 2.90. The van der Waals surface area contributed by atoms with Gasteiger partial charge in [-0.15, -0.1) is 0 Å². The van der Waals surface area contributed by atoms with Crippen molar-refractivity contribution in [2.45, 2.75) is 31.3 Å². The first-order valence-electron chi connectivity index (χ1n) is 4.64. The van der Waals surface area contributed by atoms with Crippen molar-refractivity contribution in [2.24, 2.45) is 10.6 Å². The van der Waals surface area contributed by atoms with E-state index in [1.165, 1.54) is 14.2 Å². The van der Waals surface area contributed by atoms with E-state index in [-0.39, 0.29) is 16.1 Å². The predicted octanol–water partition coefficient (Wildman–Crippen LogP) is 2.12. The van der Waals surface area contributed by atoms with Crippen LogP contribution in [0.25, 0.3) is 0 Å². The molecular formula is C7H15ClN4O4. The first-order valence-corrected chi connectivity index (χ1v) is 5.02. The van der Waals surface area contributed by atoms with Crippen LogP contribution in [0.1, 0.15) is 26.2 Å².